The molecule has 21 heavy (non-hydrogen) atoms. The van der Waals surface area contributed by atoms with Crippen molar-refractivity contribution in [3.05, 3.63) is 53.5 Å². The molecule has 3 rings (SSSR count). The van der Waals surface area contributed by atoms with Crippen molar-refractivity contribution in [2.75, 3.05) is 17.2 Å². The summed E-state index contributed by atoms with van der Waals surface area (Å²) in [6, 6.07) is 10.6. The minimum absolute atomic E-state index is 0.126. The molecule has 6 nitrogen and oxygen atoms in total. The van der Waals surface area contributed by atoms with Gasteiger partial charge in [0.25, 0.3) is 0 Å². The zero-order valence-electron chi connectivity index (χ0n) is 11.6. The topological polar surface area (TPSA) is 80.7 Å². The van der Waals surface area contributed by atoms with Crippen molar-refractivity contribution in [2.24, 2.45) is 0 Å². The summed E-state index contributed by atoms with van der Waals surface area (Å²) in [6.45, 7) is 2.42. The van der Waals surface area contributed by atoms with E-state index in [1.54, 1.807) is 18.3 Å². The van der Waals surface area contributed by atoms with Crippen molar-refractivity contribution in [2.45, 2.75) is 18.9 Å². The number of hydrogen-bond donors (Lipinski definition) is 2. The molecule has 1 aromatic carbocycles. The molecule has 2 N–H and O–H groups in total. The highest BCUT2D eigenvalue weighted by molar-refractivity contribution is 5.77. The first-order valence-electron chi connectivity index (χ1n) is 6.78. The van der Waals surface area contributed by atoms with Crippen molar-refractivity contribution in [3.63, 3.8) is 0 Å². The Kier molecular flexibility index (Phi) is 3.40. The van der Waals surface area contributed by atoms with Gasteiger partial charge in [0.1, 0.15) is 23.6 Å². The summed E-state index contributed by atoms with van der Waals surface area (Å²) in [5.41, 5.74) is 0.915. The Balaban J connectivity index is 2.06. The monoisotopic (exact) mass is 286 g/mol. The molecule has 0 saturated carbocycles. The fourth-order valence-electron chi connectivity index (χ4n) is 2.56. The van der Waals surface area contributed by atoms with Crippen LogP contribution in [0.5, 0.6) is 5.75 Å². The van der Waals surface area contributed by atoms with E-state index in [4.69, 9.17) is 4.74 Å². The largest absolute Gasteiger partial charge is 0.733 e. The predicted octanol–water partition coefficient (Wildman–Crippen LogP) is 2.88. The maximum absolute atomic E-state index is 11.3. The van der Waals surface area contributed by atoms with Crippen LogP contribution in [0.2, 0.25) is 0 Å². The molecule has 0 bridgehead atoms. The van der Waals surface area contributed by atoms with Gasteiger partial charge in [0.05, 0.1) is 11.4 Å². The lowest BCUT2D eigenvalue weighted by Gasteiger charge is -2.40. The fourth-order valence-corrected chi connectivity index (χ4v) is 2.56. The molecule has 1 aromatic heterocycles. The summed E-state index contributed by atoms with van der Waals surface area (Å²) in [7, 11) is 0. The minimum Gasteiger partial charge on any atom is -0.733 e. The van der Waals surface area contributed by atoms with Gasteiger partial charge < -0.3 is 20.5 Å². The van der Waals surface area contributed by atoms with E-state index in [2.05, 4.69) is 10.3 Å². The summed E-state index contributed by atoms with van der Waals surface area (Å²) in [6.07, 6.45) is 2.45. The lowest BCUT2D eigenvalue weighted by Crippen LogP contribution is -2.44. The molecule has 6 heteroatoms. The van der Waals surface area contributed by atoms with E-state index in [1.165, 1.54) is 6.07 Å². The van der Waals surface area contributed by atoms with E-state index in [0.29, 0.717) is 18.0 Å². The highest BCUT2D eigenvalue weighted by Gasteiger charge is 2.37. The van der Waals surface area contributed by atoms with E-state index < -0.39 is 5.54 Å². The number of para-hydroxylation sites is 1. The van der Waals surface area contributed by atoms with E-state index in [0.717, 1.165) is 12.1 Å². The Morgan fingerprint density at radius 1 is 1.38 bits per heavy atom. The molecule has 2 aromatic rings. The molecule has 0 fully saturated rings. The van der Waals surface area contributed by atoms with Gasteiger partial charge in [-0.2, -0.15) is 0 Å². The van der Waals surface area contributed by atoms with Gasteiger partial charge in [0, 0.05) is 6.20 Å². The van der Waals surface area contributed by atoms with Gasteiger partial charge in [-0.05, 0) is 30.7 Å². The normalized spacial score (nSPS) is 20.1. The molecule has 0 amide bonds. The third-order valence-corrected chi connectivity index (χ3v) is 3.81. The first-order chi connectivity index (χ1) is 10.2. The van der Waals surface area contributed by atoms with Gasteiger partial charge in [-0.15, -0.1) is 0 Å². The number of fused-ring (bicyclic) bond motifs is 1. The van der Waals surface area contributed by atoms with Gasteiger partial charge in [0.2, 0.25) is 0 Å². The second-order valence-electron chi connectivity index (χ2n) is 4.99. The summed E-state index contributed by atoms with van der Waals surface area (Å²) < 4.78 is 5.80. The van der Waals surface area contributed by atoms with Crippen LogP contribution in [0.3, 0.4) is 0 Å². The lowest BCUT2D eigenvalue weighted by molar-refractivity contribution is 0.209. The van der Waals surface area contributed by atoms with Crippen molar-refractivity contribution in [3.8, 4) is 5.75 Å². The number of rotatable bonds is 3. The van der Waals surface area contributed by atoms with E-state index in [-0.39, 0.29) is 10.9 Å². The number of nitrogens with zero attached hydrogens (tertiary/aromatic N) is 2. The number of aromatic nitrogens is 1. The molecule has 0 radical (unpaired) electrons. The third kappa shape index (κ3) is 2.28. The van der Waals surface area contributed by atoms with Crippen LogP contribution in [0.4, 0.5) is 11.4 Å². The van der Waals surface area contributed by atoms with Crippen molar-refractivity contribution >= 4 is 11.4 Å². The summed E-state index contributed by atoms with van der Waals surface area (Å²) in [4.78, 5) is 4.40. The van der Waals surface area contributed by atoms with Crippen LogP contribution in [0.1, 0.15) is 19.0 Å². The SMILES string of the molecule is CCC1(c2ccccn2)COc2cccc(N([O-])O)c2N1. The maximum atomic E-state index is 11.3. The minimum atomic E-state index is -0.527. The summed E-state index contributed by atoms with van der Waals surface area (Å²) in [5.74, 6) is 0.544. The van der Waals surface area contributed by atoms with Gasteiger partial charge in [0.15, 0.2) is 0 Å². The van der Waals surface area contributed by atoms with Crippen LogP contribution in [-0.2, 0) is 5.54 Å². The van der Waals surface area contributed by atoms with Gasteiger partial charge in [-0.25, -0.2) is 0 Å². The van der Waals surface area contributed by atoms with Crippen LogP contribution < -0.4 is 15.3 Å². The second kappa shape index (κ2) is 5.23. The lowest BCUT2D eigenvalue weighted by atomic mass is 9.90. The fraction of sp³-hybridized carbons (Fsp3) is 0.267. The van der Waals surface area contributed by atoms with Gasteiger partial charge in [-0.3, -0.25) is 10.2 Å². The first kappa shape index (κ1) is 13.7. The Morgan fingerprint density at radius 3 is 2.90 bits per heavy atom. The van der Waals surface area contributed by atoms with E-state index in [1.807, 2.05) is 25.1 Å². The first-order valence-corrected chi connectivity index (χ1v) is 6.78. The molecule has 0 aliphatic carbocycles. The highest BCUT2D eigenvalue weighted by Crippen LogP contribution is 2.43. The summed E-state index contributed by atoms with van der Waals surface area (Å²) >= 11 is 0. The average molecular weight is 286 g/mol. The molecular weight excluding hydrogens is 270 g/mol. The molecule has 110 valence electrons. The Morgan fingerprint density at radius 2 is 2.24 bits per heavy atom. The van der Waals surface area contributed by atoms with Crippen LogP contribution in [-0.4, -0.2) is 16.8 Å². The molecule has 1 atom stereocenters. The maximum Gasteiger partial charge on any atom is 0.144 e. The number of ether oxygens (including phenoxy) is 1. The van der Waals surface area contributed by atoms with Gasteiger partial charge in [-0.1, -0.05) is 19.1 Å². The number of benzene rings is 1. The van der Waals surface area contributed by atoms with E-state index in [9.17, 15) is 10.4 Å². The third-order valence-electron chi connectivity index (χ3n) is 3.81. The van der Waals surface area contributed by atoms with Crippen LogP contribution >= 0.6 is 0 Å². The van der Waals surface area contributed by atoms with Crippen molar-refractivity contribution in [1.29, 1.82) is 0 Å². The average Bonchev–Trinajstić information content (AvgIpc) is 2.54. The Hall–Kier alpha value is -2.31. The molecule has 1 unspecified atom stereocenters. The predicted molar refractivity (Wildman–Crippen MR) is 79.4 cm³/mol. The quantitative estimate of drug-likeness (QED) is 0.844. The Labute approximate surface area is 122 Å². The summed E-state index contributed by atoms with van der Waals surface area (Å²) in [5, 5.41) is 23.8. The number of anilines is 2. The van der Waals surface area contributed by atoms with Crippen LogP contribution in [0, 0.1) is 5.21 Å². The zero-order valence-corrected chi connectivity index (χ0v) is 11.6. The second-order valence-corrected chi connectivity index (χ2v) is 4.99. The van der Waals surface area contributed by atoms with Crippen molar-refractivity contribution in [1.82, 2.24) is 4.98 Å². The molecule has 1 aliphatic heterocycles. The number of nitrogens with one attached hydrogen (secondary N) is 1. The Bertz CT molecular complexity index is 633. The smallest absolute Gasteiger partial charge is 0.144 e. The van der Waals surface area contributed by atoms with Crippen LogP contribution in [0.25, 0.3) is 0 Å². The molecular formula is C15H16N3O3-. The number of pyridine rings is 1. The van der Waals surface area contributed by atoms with Gasteiger partial charge >= 0.3 is 0 Å². The molecule has 0 spiro atoms. The molecule has 0 saturated heterocycles. The van der Waals surface area contributed by atoms with Crippen LogP contribution in [0.15, 0.2) is 42.6 Å². The number of hydrogen-bond acceptors (Lipinski definition) is 6. The highest BCUT2D eigenvalue weighted by atomic mass is 16.8. The zero-order chi connectivity index (χ0) is 14.9. The van der Waals surface area contributed by atoms with E-state index >= 15 is 0 Å². The molecule has 1 aliphatic rings. The molecule has 2 heterocycles. The van der Waals surface area contributed by atoms with Crippen molar-refractivity contribution < 1.29 is 9.94 Å². The standard InChI is InChI=1S/C15H16N3O3/c1-2-15(13-8-3-4-9-16-13)10-21-12-7-5-6-11(18(19)20)14(12)17-15/h3-9,17,19H,2,10H2,1H3/q-1.